The molecule has 1 aromatic carbocycles. The number of benzene rings is 1. The Hall–Kier alpha value is -2.56. The van der Waals surface area contributed by atoms with Crippen molar-refractivity contribution in [3.63, 3.8) is 0 Å². The van der Waals surface area contributed by atoms with Crippen LogP contribution in [0.25, 0.3) is 0 Å². The Labute approximate surface area is 128 Å². The van der Waals surface area contributed by atoms with Crippen molar-refractivity contribution in [1.82, 2.24) is 0 Å². The minimum absolute atomic E-state index is 0.0935. The summed E-state index contributed by atoms with van der Waals surface area (Å²) in [5.74, 6) is 1.31. The summed E-state index contributed by atoms with van der Waals surface area (Å²) in [6.45, 7) is 3.71. The van der Waals surface area contributed by atoms with Gasteiger partial charge in [0.15, 0.2) is 5.78 Å². The van der Waals surface area contributed by atoms with Crippen molar-refractivity contribution >= 4 is 11.8 Å². The highest BCUT2D eigenvalue weighted by Gasteiger charge is 2.15. The van der Waals surface area contributed by atoms with Crippen molar-refractivity contribution in [3.8, 4) is 5.75 Å². The Morgan fingerprint density at radius 1 is 1.18 bits per heavy atom. The monoisotopic (exact) mass is 302 g/mol. The number of hydrogen-bond donors (Lipinski definition) is 0. The SMILES string of the molecule is CCC(=O)c1ccc(OCc2cc(C(=O)OC)c(C)o2)cc1. The Morgan fingerprint density at radius 3 is 2.45 bits per heavy atom. The molecule has 5 heteroatoms. The quantitative estimate of drug-likeness (QED) is 0.603. The molecule has 22 heavy (non-hydrogen) atoms. The van der Waals surface area contributed by atoms with E-state index in [1.54, 1.807) is 37.3 Å². The first kappa shape index (κ1) is 15.8. The van der Waals surface area contributed by atoms with Crippen molar-refractivity contribution in [2.75, 3.05) is 7.11 Å². The van der Waals surface area contributed by atoms with Crippen LogP contribution in [-0.4, -0.2) is 18.9 Å². The number of aryl methyl sites for hydroxylation is 1. The van der Waals surface area contributed by atoms with E-state index in [1.807, 2.05) is 6.92 Å². The summed E-state index contributed by atoms with van der Waals surface area (Å²) in [5.41, 5.74) is 1.06. The second-order valence-corrected chi connectivity index (χ2v) is 4.76. The zero-order valence-corrected chi connectivity index (χ0v) is 12.8. The highest BCUT2D eigenvalue weighted by molar-refractivity contribution is 5.95. The third-order valence-electron chi connectivity index (χ3n) is 3.25. The fourth-order valence-corrected chi connectivity index (χ4v) is 2.02. The third kappa shape index (κ3) is 3.55. The molecule has 116 valence electrons. The molecule has 0 atom stereocenters. The van der Waals surface area contributed by atoms with Gasteiger partial charge in [0.25, 0.3) is 0 Å². The number of Topliss-reactive ketones (excluding diaryl/α,β-unsaturated/α-hetero) is 1. The molecule has 0 aliphatic heterocycles. The van der Waals surface area contributed by atoms with Crippen LogP contribution in [0.1, 0.15) is 45.6 Å². The summed E-state index contributed by atoms with van der Waals surface area (Å²) < 4.78 is 15.7. The molecule has 1 heterocycles. The molecule has 0 saturated heterocycles. The summed E-state index contributed by atoms with van der Waals surface area (Å²) in [7, 11) is 1.32. The van der Waals surface area contributed by atoms with Gasteiger partial charge in [0.2, 0.25) is 0 Å². The maximum atomic E-state index is 11.5. The van der Waals surface area contributed by atoms with Gasteiger partial charge >= 0.3 is 5.97 Å². The van der Waals surface area contributed by atoms with E-state index in [9.17, 15) is 9.59 Å². The summed E-state index contributed by atoms with van der Waals surface area (Å²) in [6, 6.07) is 8.54. The molecule has 0 bridgehead atoms. The predicted octanol–water partition coefficient (Wildman–Crippen LogP) is 3.55. The van der Waals surface area contributed by atoms with E-state index in [0.717, 1.165) is 0 Å². The smallest absolute Gasteiger partial charge is 0.341 e. The molecule has 0 N–H and O–H groups in total. The lowest BCUT2D eigenvalue weighted by Crippen LogP contribution is -2.01. The van der Waals surface area contributed by atoms with Crippen molar-refractivity contribution in [3.05, 3.63) is 53.0 Å². The standard InChI is InChI=1S/C17H18O5/c1-4-16(18)12-5-7-13(8-6-12)21-10-14-9-15(11(2)22-14)17(19)20-3/h5-9H,4,10H2,1-3H3. The van der Waals surface area contributed by atoms with E-state index in [2.05, 4.69) is 4.74 Å². The van der Waals surface area contributed by atoms with Crippen LogP contribution >= 0.6 is 0 Å². The highest BCUT2D eigenvalue weighted by atomic mass is 16.5. The maximum absolute atomic E-state index is 11.5. The Kier molecular flexibility index (Phi) is 4.99. The van der Waals surface area contributed by atoms with Crippen LogP contribution in [0.5, 0.6) is 5.75 Å². The zero-order valence-electron chi connectivity index (χ0n) is 12.8. The number of ether oxygens (including phenoxy) is 2. The largest absolute Gasteiger partial charge is 0.486 e. The first-order chi connectivity index (χ1) is 10.5. The van der Waals surface area contributed by atoms with Crippen LogP contribution in [0.4, 0.5) is 0 Å². The average molecular weight is 302 g/mol. The van der Waals surface area contributed by atoms with E-state index >= 15 is 0 Å². The molecular formula is C17H18O5. The summed E-state index contributed by atoms with van der Waals surface area (Å²) in [4.78, 5) is 23.0. The van der Waals surface area contributed by atoms with E-state index in [4.69, 9.17) is 9.15 Å². The van der Waals surface area contributed by atoms with Crippen LogP contribution in [0.15, 0.2) is 34.7 Å². The molecule has 0 saturated carbocycles. The minimum atomic E-state index is -0.435. The zero-order chi connectivity index (χ0) is 16.1. The van der Waals surface area contributed by atoms with E-state index in [0.29, 0.717) is 34.8 Å². The lowest BCUT2D eigenvalue weighted by atomic mass is 10.1. The van der Waals surface area contributed by atoms with Gasteiger partial charge in [0.05, 0.1) is 7.11 Å². The number of carbonyl (C=O) groups is 2. The second-order valence-electron chi connectivity index (χ2n) is 4.76. The molecule has 0 unspecified atom stereocenters. The normalized spacial score (nSPS) is 10.3. The number of methoxy groups -OCH3 is 1. The van der Waals surface area contributed by atoms with Gasteiger partial charge in [-0.3, -0.25) is 4.79 Å². The molecule has 1 aromatic heterocycles. The van der Waals surface area contributed by atoms with Gasteiger partial charge in [0, 0.05) is 12.0 Å². The van der Waals surface area contributed by atoms with Crippen molar-refractivity contribution in [2.45, 2.75) is 26.9 Å². The van der Waals surface area contributed by atoms with Crippen LogP contribution in [0.2, 0.25) is 0 Å². The molecule has 0 radical (unpaired) electrons. The van der Waals surface area contributed by atoms with Gasteiger partial charge < -0.3 is 13.9 Å². The topological polar surface area (TPSA) is 65.7 Å². The van der Waals surface area contributed by atoms with Crippen LogP contribution in [-0.2, 0) is 11.3 Å². The van der Waals surface area contributed by atoms with Crippen LogP contribution in [0, 0.1) is 6.92 Å². The Balaban J connectivity index is 2.01. The molecule has 2 rings (SSSR count). The molecule has 0 spiro atoms. The van der Waals surface area contributed by atoms with Crippen LogP contribution < -0.4 is 4.74 Å². The highest BCUT2D eigenvalue weighted by Crippen LogP contribution is 2.19. The van der Waals surface area contributed by atoms with Gasteiger partial charge in [-0.25, -0.2) is 4.79 Å². The molecular weight excluding hydrogens is 284 g/mol. The third-order valence-corrected chi connectivity index (χ3v) is 3.25. The number of rotatable bonds is 6. The van der Waals surface area contributed by atoms with Gasteiger partial charge in [-0.1, -0.05) is 6.92 Å². The molecule has 5 nitrogen and oxygen atoms in total. The number of furan rings is 1. The summed E-state index contributed by atoms with van der Waals surface area (Å²) >= 11 is 0. The first-order valence-electron chi connectivity index (χ1n) is 6.98. The lowest BCUT2D eigenvalue weighted by Gasteiger charge is -2.05. The minimum Gasteiger partial charge on any atom is -0.486 e. The Morgan fingerprint density at radius 2 is 1.86 bits per heavy atom. The van der Waals surface area contributed by atoms with Crippen molar-refractivity contribution < 1.29 is 23.5 Å². The molecule has 0 aliphatic rings. The number of hydrogen-bond acceptors (Lipinski definition) is 5. The van der Waals surface area contributed by atoms with E-state index < -0.39 is 5.97 Å². The average Bonchev–Trinajstić information content (AvgIpc) is 2.92. The van der Waals surface area contributed by atoms with Crippen molar-refractivity contribution in [1.29, 1.82) is 0 Å². The predicted molar refractivity (Wildman–Crippen MR) is 80.2 cm³/mol. The second kappa shape index (κ2) is 6.93. The fourth-order valence-electron chi connectivity index (χ4n) is 2.02. The van der Waals surface area contributed by atoms with E-state index in [-0.39, 0.29) is 12.4 Å². The first-order valence-corrected chi connectivity index (χ1v) is 6.98. The van der Waals surface area contributed by atoms with Gasteiger partial charge in [-0.15, -0.1) is 0 Å². The number of esters is 1. The molecule has 0 aliphatic carbocycles. The van der Waals surface area contributed by atoms with Crippen molar-refractivity contribution in [2.24, 2.45) is 0 Å². The summed E-state index contributed by atoms with van der Waals surface area (Å²) in [6.07, 6.45) is 0.474. The molecule has 0 amide bonds. The lowest BCUT2D eigenvalue weighted by molar-refractivity contribution is 0.0598. The number of ketones is 1. The van der Waals surface area contributed by atoms with E-state index in [1.165, 1.54) is 7.11 Å². The van der Waals surface area contributed by atoms with Gasteiger partial charge in [-0.2, -0.15) is 0 Å². The summed E-state index contributed by atoms with van der Waals surface area (Å²) in [5, 5.41) is 0. The van der Waals surface area contributed by atoms with Gasteiger partial charge in [-0.05, 0) is 37.3 Å². The number of carbonyl (C=O) groups excluding carboxylic acids is 2. The van der Waals surface area contributed by atoms with Gasteiger partial charge in [0.1, 0.15) is 29.4 Å². The maximum Gasteiger partial charge on any atom is 0.341 e. The Bertz CT molecular complexity index is 667. The van der Waals surface area contributed by atoms with Crippen LogP contribution in [0.3, 0.4) is 0 Å². The fraction of sp³-hybridized carbons (Fsp3) is 0.294. The molecule has 0 fully saturated rings. The molecule has 2 aromatic rings.